The fourth-order valence-corrected chi connectivity index (χ4v) is 12.1. The fraction of sp³-hybridized carbons (Fsp3) is 0.778. The summed E-state index contributed by atoms with van der Waals surface area (Å²) in [5.41, 5.74) is 1.23. The standard InChI is InChI=1S/C63H112N2O12S2Si/c1-43-31-32-44(2)54(71-18)35-33-46(4)61(77-80(21,22)63(11,12)13)48(6)55(72-41-78-19)28-24-23-25-30-58(68)75-56(29-26-27-53(39-43)70-17)49(7)59(73-42-79-20)45(3)34-36-57(76-62(69)51(9)64(14)15)50(8)60(74-52(10)67)47(5)37-38-65(16)40-66/h23-27,30,32,37-38,40,43,45-51,53-57,59-61H,28-29,31,33-36,39,41-42H2,1-22H3/b24-23+,27-26+,30-25+,38-37+,44-32+/t43-,45+,46-,47-,48-,49-,50+,51+,53+,54+,55-,56+,57-,59+,60-,61-/m1/s1. The average molecular weight is 1180 g/mol. The molecule has 0 aromatic rings. The summed E-state index contributed by atoms with van der Waals surface area (Å²) in [5, 5.41) is 0.0272. The molecule has 0 radical (unpaired) electrons. The van der Waals surface area contributed by atoms with Gasteiger partial charge in [0.2, 0.25) is 6.41 Å². The van der Waals surface area contributed by atoms with Crippen LogP contribution in [0.15, 0.2) is 60.4 Å². The largest absolute Gasteiger partial charge is 0.462 e. The Morgan fingerprint density at radius 2 is 1.55 bits per heavy atom. The molecule has 80 heavy (non-hydrogen) atoms. The first kappa shape index (κ1) is 75.3. The van der Waals surface area contributed by atoms with Gasteiger partial charge in [0, 0.05) is 70.6 Å². The van der Waals surface area contributed by atoms with Gasteiger partial charge in [-0.05, 0) is 127 Å². The first-order valence-electron chi connectivity index (χ1n) is 29.2. The highest BCUT2D eigenvalue weighted by Gasteiger charge is 2.43. The number of cyclic esters (lactones) is 1. The maximum absolute atomic E-state index is 14.0. The average Bonchev–Trinajstić information content (AvgIpc) is 3.40. The summed E-state index contributed by atoms with van der Waals surface area (Å²) in [6.45, 7) is 31.7. The fourth-order valence-electron chi connectivity index (χ4n) is 9.97. The minimum Gasteiger partial charge on any atom is -0.462 e. The van der Waals surface area contributed by atoms with Gasteiger partial charge in [-0.25, -0.2) is 4.79 Å². The zero-order valence-corrected chi connectivity index (χ0v) is 56.3. The molecule has 17 heteroatoms. The summed E-state index contributed by atoms with van der Waals surface area (Å²) < 4.78 is 51.6. The van der Waals surface area contributed by atoms with Crippen LogP contribution in [0.2, 0.25) is 18.1 Å². The summed E-state index contributed by atoms with van der Waals surface area (Å²) in [6, 6.07) is -0.526. The van der Waals surface area contributed by atoms with Gasteiger partial charge in [0.1, 0.15) is 24.4 Å². The van der Waals surface area contributed by atoms with Crippen LogP contribution < -0.4 is 0 Å². The molecule has 1 rings (SSSR count). The van der Waals surface area contributed by atoms with Gasteiger partial charge in [0.15, 0.2) is 8.32 Å². The van der Waals surface area contributed by atoms with Crippen LogP contribution in [0.25, 0.3) is 0 Å². The number of esters is 3. The van der Waals surface area contributed by atoms with Gasteiger partial charge < -0.3 is 42.5 Å². The van der Waals surface area contributed by atoms with E-state index in [-0.39, 0.29) is 65.1 Å². The highest BCUT2D eigenvalue weighted by Crippen LogP contribution is 2.41. The number of thioether (sulfide) groups is 2. The van der Waals surface area contributed by atoms with Crippen LogP contribution >= 0.6 is 23.5 Å². The van der Waals surface area contributed by atoms with Gasteiger partial charge in [-0.15, -0.1) is 23.5 Å². The zero-order valence-electron chi connectivity index (χ0n) is 53.7. The number of hydrogen-bond donors (Lipinski definition) is 0. The lowest BCUT2D eigenvalue weighted by Gasteiger charge is -2.44. The van der Waals surface area contributed by atoms with E-state index in [9.17, 15) is 19.2 Å². The SMILES string of the molecule is CO[C@H]1CC[C@@H](C)[C@@H](O[Si](C)(C)C(C)(C)C)[C@H](C)[C@H](OCSC)C/C=C/C=C/C(=O)O[C@H]([C@@H](C)[C@@H](OCSC)[C@@H](C)CC[C@@H](OC(=O)[C@H](C)N(C)C)[C@H](C)[C@H](OC(C)=O)[C@H](C)/C=C/N(C)C=O)C/C=C/[C@H](OC)C[C@H](C)C/C=C/1C. The number of amides is 1. The van der Waals surface area contributed by atoms with Crippen LogP contribution in [-0.4, -0.2) is 157 Å². The molecule has 0 spiro atoms. The van der Waals surface area contributed by atoms with Gasteiger partial charge in [0.25, 0.3) is 0 Å². The second kappa shape index (κ2) is 39.0. The lowest BCUT2D eigenvalue weighted by molar-refractivity contribution is -0.165. The number of likely N-dealkylation sites (N-methyl/N-ethyl adjacent to an activating group) is 1. The minimum atomic E-state index is -2.19. The third kappa shape index (κ3) is 27.3. The van der Waals surface area contributed by atoms with Crippen molar-refractivity contribution in [2.75, 3.05) is 59.8 Å². The Kier molecular flexibility index (Phi) is 36.7. The van der Waals surface area contributed by atoms with Gasteiger partial charge in [-0.3, -0.25) is 19.3 Å². The molecular weight excluding hydrogens is 1070 g/mol. The molecule has 1 aliphatic rings. The molecule has 0 N–H and O–H groups in total. The lowest BCUT2D eigenvalue weighted by Crippen LogP contribution is -2.49. The normalized spacial score (nSPS) is 27.8. The van der Waals surface area contributed by atoms with E-state index in [1.807, 2.05) is 59.7 Å². The Labute approximate surface area is 496 Å². The van der Waals surface area contributed by atoms with Crippen LogP contribution in [0.4, 0.5) is 0 Å². The zero-order chi connectivity index (χ0) is 60.9. The van der Waals surface area contributed by atoms with Gasteiger partial charge in [0.05, 0.1) is 42.4 Å². The maximum Gasteiger partial charge on any atom is 0.331 e. The van der Waals surface area contributed by atoms with E-state index in [2.05, 4.69) is 99.7 Å². The third-order valence-corrected chi connectivity index (χ3v) is 21.9. The molecule has 0 saturated carbocycles. The second-order valence-corrected chi connectivity index (χ2v) is 30.9. The van der Waals surface area contributed by atoms with E-state index < -0.39 is 56.5 Å². The maximum atomic E-state index is 14.0. The third-order valence-electron chi connectivity index (χ3n) is 16.6. The van der Waals surface area contributed by atoms with E-state index in [4.69, 9.17) is 37.6 Å². The summed E-state index contributed by atoms with van der Waals surface area (Å²) in [6.07, 6.45) is 24.8. The van der Waals surface area contributed by atoms with E-state index in [1.54, 1.807) is 61.8 Å². The predicted octanol–water partition coefficient (Wildman–Crippen LogP) is 13.3. The van der Waals surface area contributed by atoms with Crippen LogP contribution in [0.3, 0.4) is 0 Å². The first-order chi connectivity index (χ1) is 37.5. The van der Waals surface area contributed by atoms with Crippen molar-refractivity contribution in [2.45, 2.75) is 214 Å². The van der Waals surface area contributed by atoms with E-state index in [0.29, 0.717) is 49.9 Å². The molecule has 0 fully saturated rings. The molecule has 1 heterocycles. The minimum absolute atomic E-state index is 0.0117. The lowest BCUT2D eigenvalue weighted by atomic mass is 9.82. The molecular formula is C63H112N2O12S2Si. The molecule has 0 unspecified atom stereocenters. The predicted molar refractivity (Wildman–Crippen MR) is 334 cm³/mol. The Morgan fingerprint density at radius 3 is 2.12 bits per heavy atom. The summed E-state index contributed by atoms with van der Waals surface area (Å²) in [7, 11) is 6.63. The molecule has 16 atom stereocenters. The van der Waals surface area contributed by atoms with Crippen molar-refractivity contribution in [3.8, 4) is 0 Å². The van der Waals surface area contributed by atoms with E-state index in [1.165, 1.54) is 23.5 Å². The molecule has 1 aliphatic heterocycles. The van der Waals surface area contributed by atoms with E-state index in [0.717, 1.165) is 25.7 Å². The van der Waals surface area contributed by atoms with E-state index >= 15 is 0 Å². The van der Waals surface area contributed by atoms with Crippen molar-refractivity contribution in [3.05, 3.63) is 60.4 Å². The number of carbonyl (C=O) groups is 4. The first-order valence-corrected chi connectivity index (χ1v) is 34.9. The van der Waals surface area contributed by atoms with Crippen molar-refractivity contribution in [1.29, 1.82) is 0 Å². The summed E-state index contributed by atoms with van der Waals surface area (Å²) >= 11 is 3.22. The quantitative estimate of drug-likeness (QED) is 0.0202. The van der Waals surface area contributed by atoms with Crippen molar-refractivity contribution in [1.82, 2.24) is 9.80 Å². The molecule has 0 aliphatic carbocycles. The molecule has 14 nitrogen and oxygen atoms in total. The highest BCUT2D eigenvalue weighted by molar-refractivity contribution is 7.98. The molecule has 0 bridgehead atoms. The number of carbonyl (C=O) groups excluding carboxylic acids is 4. The Bertz CT molecular complexity index is 1940. The topological polar surface area (TPSA) is 149 Å². The highest BCUT2D eigenvalue weighted by atomic mass is 32.2. The van der Waals surface area contributed by atoms with Crippen molar-refractivity contribution in [3.63, 3.8) is 0 Å². The molecule has 0 saturated heterocycles. The smallest absolute Gasteiger partial charge is 0.331 e. The van der Waals surface area contributed by atoms with Crippen LogP contribution in [-0.2, 0) is 56.8 Å². The number of rotatable bonds is 26. The molecule has 0 aromatic carbocycles. The van der Waals surface area contributed by atoms with Gasteiger partial charge in [-0.2, -0.15) is 0 Å². The van der Waals surface area contributed by atoms with Crippen molar-refractivity contribution >= 4 is 56.2 Å². The van der Waals surface area contributed by atoms with Gasteiger partial charge in [-0.1, -0.05) is 112 Å². The molecule has 462 valence electrons. The van der Waals surface area contributed by atoms with Crippen LogP contribution in [0.1, 0.15) is 141 Å². The number of nitrogens with zero attached hydrogens (tertiary/aromatic N) is 2. The summed E-state index contributed by atoms with van der Waals surface area (Å²) in [5.74, 6) is -0.874. The monoisotopic (exact) mass is 1180 g/mol. The number of ether oxygens (including phenoxy) is 7. The van der Waals surface area contributed by atoms with Crippen LogP contribution in [0, 0.1) is 41.4 Å². The van der Waals surface area contributed by atoms with Gasteiger partial charge >= 0.3 is 17.9 Å². The second-order valence-electron chi connectivity index (χ2n) is 24.5. The number of allylic oxidation sites excluding steroid dienone is 3. The Balaban J connectivity index is 3.89. The van der Waals surface area contributed by atoms with Crippen molar-refractivity contribution in [2.24, 2.45) is 41.4 Å². The molecule has 1 amide bonds. The Hall–Kier alpha value is -2.74. The Morgan fingerprint density at radius 1 is 0.887 bits per heavy atom. The molecule has 0 aromatic heterocycles. The van der Waals surface area contributed by atoms with Crippen LogP contribution in [0.5, 0.6) is 0 Å². The number of methoxy groups -OCH3 is 2. The summed E-state index contributed by atoms with van der Waals surface area (Å²) in [4.78, 5) is 54.8. The van der Waals surface area contributed by atoms with Crippen molar-refractivity contribution < 1.29 is 56.8 Å². The number of hydrogen-bond acceptors (Lipinski definition) is 15.